The number of ether oxygens (including phenoxy) is 1. The van der Waals surface area contributed by atoms with Gasteiger partial charge in [-0.1, -0.05) is 56.3 Å². The van der Waals surface area contributed by atoms with Crippen LogP contribution < -0.4 is 20.7 Å². The van der Waals surface area contributed by atoms with E-state index >= 15 is 0 Å². The van der Waals surface area contributed by atoms with Crippen LogP contribution in [0.5, 0.6) is 5.75 Å². The van der Waals surface area contributed by atoms with E-state index in [0.29, 0.717) is 36.7 Å². The van der Waals surface area contributed by atoms with E-state index in [9.17, 15) is 9.59 Å². The third-order valence-corrected chi connectivity index (χ3v) is 4.78. The van der Waals surface area contributed by atoms with Gasteiger partial charge in [0.1, 0.15) is 5.75 Å². The van der Waals surface area contributed by atoms with Crippen LogP contribution in [-0.2, 0) is 16.0 Å². The van der Waals surface area contributed by atoms with E-state index in [1.54, 1.807) is 0 Å². The van der Waals surface area contributed by atoms with Crippen molar-refractivity contribution in [3.8, 4) is 5.75 Å². The van der Waals surface area contributed by atoms with Gasteiger partial charge < -0.3 is 20.7 Å². The first-order valence-electron chi connectivity index (χ1n) is 11.2. The number of benzene rings is 3. The molecule has 3 aromatic carbocycles. The van der Waals surface area contributed by atoms with Crippen LogP contribution in [-0.4, -0.2) is 25.0 Å². The fraction of sp³-hybridized carbons (Fsp3) is 0.259. The number of nitrogens with one attached hydrogen (secondary N) is 3. The third-order valence-electron chi connectivity index (χ3n) is 4.78. The van der Waals surface area contributed by atoms with Gasteiger partial charge in [-0.2, -0.15) is 0 Å². The molecular weight excluding hydrogens is 414 g/mol. The summed E-state index contributed by atoms with van der Waals surface area (Å²) in [5.74, 6) is 0.934. The van der Waals surface area contributed by atoms with Crippen LogP contribution >= 0.6 is 0 Å². The number of carbonyl (C=O) groups is 2. The lowest BCUT2D eigenvalue weighted by molar-refractivity contribution is -0.116. The van der Waals surface area contributed by atoms with Crippen molar-refractivity contribution in [3.63, 3.8) is 0 Å². The molecule has 0 aliphatic heterocycles. The predicted octanol–water partition coefficient (Wildman–Crippen LogP) is 5.34. The van der Waals surface area contributed by atoms with Crippen LogP contribution in [0.2, 0.25) is 0 Å². The molecule has 3 aromatic rings. The standard InChI is InChI=1S/C27H31N3O3/c1-20(2)19-33-25-13-7-12-24(17-25)30-27(32)18-28-22-10-6-11-23(16-22)29-26(31)15-14-21-8-4-3-5-9-21/h3-13,16-17,20,28H,14-15,18-19H2,1-2H3,(H,29,31)(H,30,32). The summed E-state index contributed by atoms with van der Waals surface area (Å²) in [6.07, 6.45) is 1.10. The average Bonchev–Trinajstić information content (AvgIpc) is 2.81. The number of rotatable bonds is 11. The number of anilines is 3. The highest BCUT2D eigenvalue weighted by Crippen LogP contribution is 2.19. The molecule has 0 saturated carbocycles. The summed E-state index contributed by atoms with van der Waals surface area (Å²) in [6, 6.07) is 24.6. The Labute approximate surface area is 195 Å². The molecule has 0 heterocycles. The van der Waals surface area contributed by atoms with Crippen molar-refractivity contribution in [2.75, 3.05) is 29.1 Å². The molecule has 3 rings (SSSR count). The van der Waals surface area contributed by atoms with Gasteiger partial charge in [-0.05, 0) is 48.2 Å². The maximum atomic E-state index is 12.4. The molecule has 0 unspecified atom stereocenters. The van der Waals surface area contributed by atoms with Crippen LogP contribution in [0.4, 0.5) is 17.1 Å². The van der Waals surface area contributed by atoms with Gasteiger partial charge in [0, 0.05) is 29.5 Å². The summed E-state index contributed by atoms with van der Waals surface area (Å²) >= 11 is 0. The van der Waals surface area contributed by atoms with E-state index in [4.69, 9.17) is 4.74 Å². The van der Waals surface area contributed by atoms with Crippen molar-refractivity contribution in [1.29, 1.82) is 0 Å². The molecule has 0 saturated heterocycles. The van der Waals surface area contributed by atoms with Crippen LogP contribution in [0.3, 0.4) is 0 Å². The lowest BCUT2D eigenvalue weighted by Crippen LogP contribution is -2.21. The van der Waals surface area contributed by atoms with Crippen molar-refractivity contribution in [3.05, 3.63) is 84.4 Å². The monoisotopic (exact) mass is 445 g/mol. The topological polar surface area (TPSA) is 79.5 Å². The van der Waals surface area contributed by atoms with Crippen LogP contribution in [0.1, 0.15) is 25.8 Å². The van der Waals surface area contributed by atoms with Gasteiger partial charge in [-0.25, -0.2) is 0 Å². The normalized spacial score (nSPS) is 10.5. The van der Waals surface area contributed by atoms with Crippen LogP contribution in [0.25, 0.3) is 0 Å². The lowest BCUT2D eigenvalue weighted by Gasteiger charge is -2.12. The van der Waals surface area contributed by atoms with Crippen molar-refractivity contribution < 1.29 is 14.3 Å². The highest BCUT2D eigenvalue weighted by atomic mass is 16.5. The van der Waals surface area contributed by atoms with E-state index in [2.05, 4.69) is 29.8 Å². The smallest absolute Gasteiger partial charge is 0.243 e. The highest BCUT2D eigenvalue weighted by molar-refractivity contribution is 5.94. The molecule has 0 aromatic heterocycles. The quantitative estimate of drug-likeness (QED) is 0.372. The van der Waals surface area contributed by atoms with E-state index in [-0.39, 0.29) is 18.4 Å². The number of amides is 2. The first-order valence-corrected chi connectivity index (χ1v) is 11.2. The molecule has 0 atom stereocenters. The van der Waals surface area contributed by atoms with Crippen molar-refractivity contribution in [1.82, 2.24) is 0 Å². The zero-order valence-corrected chi connectivity index (χ0v) is 19.1. The van der Waals surface area contributed by atoms with E-state index in [1.807, 2.05) is 78.9 Å². The number of hydrogen-bond acceptors (Lipinski definition) is 4. The third kappa shape index (κ3) is 8.69. The second kappa shape index (κ2) is 12.3. The lowest BCUT2D eigenvalue weighted by atomic mass is 10.1. The van der Waals surface area contributed by atoms with Gasteiger partial charge in [0.15, 0.2) is 0 Å². The van der Waals surface area contributed by atoms with Gasteiger partial charge in [-0.3, -0.25) is 9.59 Å². The summed E-state index contributed by atoms with van der Waals surface area (Å²) in [5.41, 5.74) is 3.25. The summed E-state index contributed by atoms with van der Waals surface area (Å²) in [6.45, 7) is 4.89. The summed E-state index contributed by atoms with van der Waals surface area (Å²) in [5, 5.41) is 8.88. The molecule has 0 fully saturated rings. The largest absolute Gasteiger partial charge is 0.493 e. The van der Waals surface area contributed by atoms with Crippen LogP contribution in [0.15, 0.2) is 78.9 Å². The van der Waals surface area contributed by atoms with Gasteiger partial charge in [-0.15, -0.1) is 0 Å². The zero-order valence-electron chi connectivity index (χ0n) is 19.1. The number of carbonyl (C=O) groups excluding carboxylic acids is 2. The first-order chi connectivity index (χ1) is 16.0. The minimum absolute atomic E-state index is 0.0479. The van der Waals surface area contributed by atoms with E-state index in [1.165, 1.54) is 0 Å². The molecule has 2 amide bonds. The molecule has 0 aliphatic carbocycles. The molecular formula is C27H31N3O3. The molecule has 0 bridgehead atoms. The highest BCUT2D eigenvalue weighted by Gasteiger charge is 2.07. The minimum Gasteiger partial charge on any atom is -0.493 e. The number of hydrogen-bond donors (Lipinski definition) is 3. The molecule has 3 N–H and O–H groups in total. The number of aryl methyl sites for hydroxylation is 1. The molecule has 0 aliphatic rings. The SMILES string of the molecule is CC(C)COc1cccc(NC(=O)CNc2cccc(NC(=O)CCc3ccccc3)c2)c1. The minimum atomic E-state index is -0.173. The molecule has 6 heteroatoms. The Morgan fingerprint density at radius 1 is 0.788 bits per heavy atom. The second-order valence-electron chi connectivity index (χ2n) is 8.25. The maximum absolute atomic E-state index is 12.4. The predicted molar refractivity (Wildman–Crippen MR) is 134 cm³/mol. The zero-order chi connectivity index (χ0) is 23.5. The fourth-order valence-corrected chi connectivity index (χ4v) is 3.15. The van der Waals surface area contributed by atoms with Crippen molar-refractivity contribution in [2.24, 2.45) is 5.92 Å². The maximum Gasteiger partial charge on any atom is 0.243 e. The Kier molecular flexibility index (Phi) is 8.88. The molecule has 6 nitrogen and oxygen atoms in total. The van der Waals surface area contributed by atoms with Gasteiger partial charge in [0.2, 0.25) is 11.8 Å². The fourth-order valence-electron chi connectivity index (χ4n) is 3.15. The summed E-state index contributed by atoms with van der Waals surface area (Å²) < 4.78 is 5.70. The molecule has 0 spiro atoms. The molecule has 0 radical (unpaired) electrons. The van der Waals surface area contributed by atoms with Gasteiger partial charge in [0.05, 0.1) is 13.2 Å². The molecule has 172 valence electrons. The van der Waals surface area contributed by atoms with Gasteiger partial charge in [0.25, 0.3) is 0 Å². The summed E-state index contributed by atoms with van der Waals surface area (Å²) in [7, 11) is 0. The Morgan fingerprint density at radius 2 is 1.45 bits per heavy atom. The Bertz CT molecular complexity index is 1050. The Balaban J connectivity index is 1.45. The second-order valence-corrected chi connectivity index (χ2v) is 8.25. The summed E-state index contributed by atoms with van der Waals surface area (Å²) in [4.78, 5) is 24.6. The Hall–Kier alpha value is -3.80. The van der Waals surface area contributed by atoms with Crippen LogP contribution in [0, 0.1) is 5.92 Å². The van der Waals surface area contributed by atoms with E-state index in [0.717, 1.165) is 17.0 Å². The average molecular weight is 446 g/mol. The van der Waals surface area contributed by atoms with E-state index < -0.39 is 0 Å². The van der Waals surface area contributed by atoms with Crippen molar-refractivity contribution >= 4 is 28.9 Å². The Morgan fingerprint density at radius 3 is 2.21 bits per heavy atom. The van der Waals surface area contributed by atoms with Crippen molar-refractivity contribution in [2.45, 2.75) is 26.7 Å². The van der Waals surface area contributed by atoms with Gasteiger partial charge >= 0.3 is 0 Å². The molecule has 33 heavy (non-hydrogen) atoms. The first kappa shape index (κ1) is 23.9.